The van der Waals surface area contributed by atoms with E-state index in [1.807, 2.05) is 18.2 Å². The second-order valence-corrected chi connectivity index (χ2v) is 7.32. The highest BCUT2D eigenvalue weighted by molar-refractivity contribution is 5.53. The summed E-state index contributed by atoms with van der Waals surface area (Å²) in [5, 5.41) is 6.96. The van der Waals surface area contributed by atoms with Gasteiger partial charge in [0, 0.05) is 18.4 Å². The van der Waals surface area contributed by atoms with Crippen LogP contribution in [0.15, 0.2) is 89.7 Å². The summed E-state index contributed by atoms with van der Waals surface area (Å²) in [4.78, 5) is 0. The first-order valence-corrected chi connectivity index (χ1v) is 9.29. The van der Waals surface area contributed by atoms with Gasteiger partial charge in [0.1, 0.15) is 0 Å². The number of hydrogen-bond donors (Lipinski definition) is 2. The van der Waals surface area contributed by atoms with Crippen molar-refractivity contribution < 1.29 is 8.78 Å². The average Bonchev–Trinajstić information content (AvgIpc) is 3.30. The van der Waals surface area contributed by atoms with E-state index in [4.69, 9.17) is 0 Å². The van der Waals surface area contributed by atoms with E-state index >= 15 is 0 Å². The van der Waals surface area contributed by atoms with E-state index in [9.17, 15) is 8.78 Å². The fraction of sp³-hybridized carbons (Fsp3) is 0.217. The van der Waals surface area contributed by atoms with Gasteiger partial charge in [0.15, 0.2) is 11.6 Å². The van der Waals surface area contributed by atoms with Crippen LogP contribution in [0.5, 0.6) is 0 Å². The van der Waals surface area contributed by atoms with Gasteiger partial charge in [-0.05, 0) is 40.6 Å². The molecule has 27 heavy (non-hydrogen) atoms. The Kier molecular flexibility index (Phi) is 3.94. The van der Waals surface area contributed by atoms with Crippen molar-refractivity contribution in [2.45, 2.75) is 18.0 Å². The van der Waals surface area contributed by atoms with Gasteiger partial charge in [-0.15, -0.1) is 0 Å². The monoisotopic (exact) mass is 362 g/mol. The van der Waals surface area contributed by atoms with Crippen molar-refractivity contribution in [1.82, 2.24) is 10.6 Å². The second-order valence-electron chi connectivity index (χ2n) is 7.32. The first kappa shape index (κ1) is 16.5. The molecule has 2 N–H and O–H groups in total. The summed E-state index contributed by atoms with van der Waals surface area (Å²) in [6.07, 6.45) is 18.8. The molecular weight excluding hydrogens is 342 g/mol. The summed E-state index contributed by atoms with van der Waals surface area (Å²) in [5.41, 5.74) is 4.44. The van der Waals surface area contributed by atoms with Gasteiger partial charge >= 0.3 is 0 Å². The van der Waals surface area contributed by atoms with Gasteiger partial charge in [0.2, 0.25) is 0 Å². The molecule has 0 saturated carbocycles. The molecule has 2 aliphatic carbocycles. The van der Waals surface area contributed by atoms with Gasteiger partial charge in [-0.25, -0.2) is 8.78 Å². The summed E-state index contributed by atoms with van der Waals surface area (Å²) >= 11 is 0. The molecule has 136 valence electrons. The molecule has 4 atom stereocenters. The molecule has 0 saturated heterocycles. The zero-order valence-electron chi connectivity index (χ0n) is 14.7. The molecular formula is C23H20F2N2. The van der Waals surface area contributed by atoms with Crippen molar-refractivity contribution in [2.75, 3.05) is 6.54 Å². The normalized spacial score (nSPS) is 28.8. The lowest BCUT2D eigenvalue weighted by molar-refractivity contribution is 0.506. The fourth-order valence-electron chi connectivity index (χ4n) is 4.55. The Bertz CT molecular complexity index is 965. The van der Waals surface area contributed by atoms with E-state index in [-0.39, 0.29) is 23.9 Å². The third-order valence-electron chi connectivity index (χ3n) is 5.83. The van der Waals surface area contributed by atoms with Crippen molar-refractivity contribution in [2.24, 2.45) is 5.92 Å². The van der Waals surface area contributed by atoms with Crippen LogP contribution in [-0.4, -0.2) is 18.6 Å². The minimum absolute atomic E-state index is 0.0950. The van der Waals surface area contributed by atoms with Gasteiger partial charge in [0.05, 0.1) is 12.1 Å². The van der Waals surface area contributed by atoms with E-state index in [1.54, 1.807) is 6.07 Å². The molecule has 0 bridgehead atoms. The van der Waals surface area contributed by atoms with Crippen LogP contribution in [0.2, 0.25) is 0 Å². The second kappa shape index (κ2) is 6.46. The lowest BCUT2D eigenvalue weighted by Crippen LogP contribution is -2.26. The van der Waals surface area contributed by atoms with E-state index in [1.165, 1.54) is 28.9 Å². The number of benzene rings is 1. The Morgan fingerprint density at radius 1 is 0.963 bits per heavy atom. The Hall–Kier alpha value is -2.72. The first-order chi connectivity index (χ1) is 13.2. The molecule has 1 aromatic rings. The summed E-state index contributed by atoms with van der Waals surface area (Å²) in [7, 11) is 0. The Labute approximate surface area is 157 Å². The molecule has 2 nitrogen and oxygen atoms in total. The zero-order valence-corrected chi connectivity index (χ0v) is 14.7. The highest BCUT2D eigenvalue weighted by Crippen LogP contribution is 2.44. The predicted octanol–water partition coefficient (Wildman–Crippen LogP) is 4.04. The highest BCUT2D eigenvalue weighted by Gasteiger charge is 2.37. The first-order valence-electron chi connectivity index (χ1n) is 9.29. The number of allylic oxidation sites excluding steroid dienone is 4. The van der Waals surface area contributed by atoms with Crippen LogP contribution in [-0.2, 0) is 0 Å². The van der Waals surface area contributed by atoms with E-state index in [2.05, 4.69) is 47.2 Å². The fourth-order valence-corrected chi connectivity index (χ4v) is 4.55. The minimum Gasteiger partial charge on any atom is -0.384 e. The Balaban J connectivity index is 1.64. The average molecular weight is 362 g/mol. The van der Waals surface area contributed by atoms with Crippen LogP contribution in [0.4, 0.5) is 8.78 Å². The summed E-state index contributed by atoms with van der Waals surface area (Å²) in [5.74, 6) is -1.49. The predicted molar refractivity (Wildman–Crippen MR) is 103 cm³/mol. The molecule has 0 fully saturated rings. The lowest BCUT2D eigenvalue weighted by atomic mass is 9.76. The molecule has 2 aliphatic heterocycles. The number of rotatable bonds is 3. The van der Waals surface area contributed by atoms with Gasteiger partial charge in [-0.3, -0.25) is 0 Å². The maximum atomic E-state index is 14.1. The molecule has 2 heterocycles. The van der Waals surface area contributed by atoms with Gasteiger partial charge in [0.25, 0.3) is 0 Å². The van der Waals surface area contributed by atoms with Crippen LogP contribution in [0.3, 0.4) is 0 Å². The van der Waals surface area contributed by atoms with Crippen LogP contribution in [0.25, 0.3) is 0 Å². The summed E-state index contributed by atoms with van der Waals surface area (Å²) in [6.45, 7) is 0.729. The molecule has 4 unspecified atom stereocenters. The van der Waals surface area contributed by atoms with Crippen LogP contribution >= 0.6 is 0 Å². The van der Waals surface area contributed by atoms with Crippen LogP contribution in [0, 0.1) is 17.6 Å². The van der Waals surface area contributed by atoms with E-state index in [0.717, 1.165) is 12.1 Å². The number of hydrogen-bond acceptors (Lipinski definition) is 2. The topological polar surface area (TPSA) is 24.1 Å². The van der Waals surface area contributed by atoms with Gasteiger partial charge < -0.3 is 10.6 Å². The third-order valence-corrected chi connectivity index (χ3v) is 5.83. The van der Waals surface area contributed by atoms with Crippen molar-refractivity contribution in [3.63, 3.8) is 0 Å². The smallest absolute Gasteiger partial charge is 0.159 e. The number of halogens is 2. The SMILES string of the molecule is Fc1ccc(C(C2=CNC3C=CC=CC23)C2=C3C=CC=CC3NC2)cc1F. The maximum Gasteiger partial charge on any atom is 0.159 e. The molecule has 0 spiro atoms. The maximum absolute atomic E-state index is 14.1. The molecule has 1 aromatic carbocycles. The molecule has 0 aromatic heterocycles. The molecule has 0 radical (unpaired) electrons. The number of fused-ring (bicyclic) bond motifs is 2. The summed E-state index contributed by atoms with van der Waals surface area (Å²) < 4.78 is 27.7. The molecule has 5 rings (SSSR count). The highest BCUT2D eigenvalue weighted by atomic mass is 19.2. The van der Waals surface area contributed by atoms with Crippen molar-refractivity contribution in [3.05, 3.63) is 107 Å². The van der Waals surface area contributed by atoms with Crippen LogP contribution < -0.4 is 10.6 Å². The lowest BCUT2D eigenvalue weighted by Gasteiger charge is -2.27. The van der Waals surface area contributed by atoms with Crippen molar-refractivity contribution in [1.29, 1.82) is 0 Å². The largest absolute Gasteiger partial charge is 0.384 e. The Morgan fingerprint density at radius 2 is 1.81 bits per heavy atom. The molecule has 4 heteroatoms. The van der Waals surface area contributed by atoms with E-state index < -0.39 is 11.6 Å². The number of nitrogens with one attached hydrogen (secondary N) is 2. The minimum atomic E-state index is -0.810. The van der Waals surface area contributed by atoms with Gasteiger partial charge in [-0.1, -0.05) is 54.7 Å². The summed E-state index contributed by atoms with van der Waals surface area (Å²) in [6, 6.07) is 4.69. The quantitative estimate of drug-likeness (QED) is 0.848. The Morgan fingerprint density at radius 3 is 2.70 bits per heavy atom. The van der Waals surface area contributed by atoms with E-state index in [0.29, 0.717) is 0 Å². The third kappa shape index (κ3) is 2.72. The van der Waals surface area contributed by atoms with Gasteiger partial charge in [-0.2, -0.15) is 0 Å². The van der Waals surface area contributed by atoms with Crippen molar-refractivity contribution >= 4 is 0 Å². The van der Waals surface area contributed by atoms with Crippen molar-refractivity contribution in [3.8, 4) is 0 Å². The molecule has 4 aliphatic rings. The van der Waals surface area contributed by atoms with Crippen LogP contribution in [0.1, 0.15) is 11.5 Å². The molecule has 0 amide bonds. The standard InChI is InChI=1S/C23H20F2N2/c24-19-10-9-14(11-20(19)25)23(17-12-26-21-7-3-1-5-15(17)21)18-13-27-22-8-4-2-6-16(18)22/h1-12,15,21-23,26-27H,13H2. The zero-order chi connectivity index (χ0) is 18.4.